The molecule has 2 aliphatic heterocycles. The smallest absolute Gasteiger partial charge is 0.328 e. The number of hydroxylamine groups is 2. The van der Waals surface area contributed by atoms with Gasteiger partial charge in [0, 0.05) is 11.6 Å². The van der Waals surface area contributed by atoms with Crippen molar-refractivity contribution < 1.29 is 14.8 Å². The number of hydrogen-bond donors (Lipinski definition) is 2. The highest BCUT2D eigenvalue weighted by Gasteiger charge is 2.53. The van der Waals surface area contributed by atoms with Crippen molar-refractivity contribution in [2.75, 3.05) is 10.1 Å². The van der Waals surface area contributed by atoms with Crippen LogP contribution in [0.2, 0.25) is 0 Å². The van der Waals surface area contributed by atoms with Crippen molar-refractivity contribution in [3.8, 4) is 0 Å². The molecule has 2 N–H and O–H groups in total. The number of nitrogens with zero attached hydrogens (tertiary/aromatic N) is 3. The van der Waals surface area contributed by atoms with E-state index in [1.807, 2.05) is 18.2 Å². The summed E-state index contributed by atoms with van der Waals surface area (Å²) >= 11 is 0. The van der Waals surface area contributed by atoms with Gasteiger partial charge in [0.05, 0.1) is 6.33 Å². The second-order valence-corrected chi connectivity index (χ2v) is 4.81. The molecule has 8 heteroatoms. The summed E-state index contributed by atoms with van der Waals surface area (Å²) in [4.78, 5) is 34.6. The van der Waals surface area contributed by atoms with Crippen molar-refractivity contribution in [1.29, 1.82) is 0 Å². The first kappa shape index (κ1) is 12.6. The number of fused-ring (bicyclic) bond motifs is 5. The van der Waals surface area contributed by atoms with Crippen molar-refractivity contribution in [1.82, 2.24) is 9.97 Å². The van der Waals surface area contributed by atoms with E-state index in [2.05, 4.69) is 9.97 Å². The van der Waals surface area contributed by atoms with Gasteiger partial charge in [0.2, 0.25) is 0 Å². The van der Waals surface area contributed by atoms with Crippen LogP contribution in [0.25, 0.3) is 6.08 Å². The summed E-state index contributed by atoms with van der Waals surface area (Å²) in [6.07, 6.45) is 3.57. The fourth-order valence-corrected chi connectivity index (χ4v) is 2.61. The van der Waals surface area contributed by atoms with Crippen molar-refractivity contribution in [2.24, 2.45) is 0 Å². The predicted molar refractivity (Wildman–Crippen MR) is 76.8 cm³/mol. The molecule has 0 spiro atoms. The van der Waals surface area contributed by atoms with E-state index in [0.717, 1.165) is 17.2 Å². The molecule has 0 saturated carbocycles. The fourth-order valence-electron chi connectivity index (χ4n) is 2.61. The second kappa shape index (κ2) is 4.43. The summed E-state index contributed by atoms with van der Waals surface area (Å²) in [5.41, 5.74) is 1.62. The van der Waals surface area contributed by atoms with Crippen LogP contribution in [0.15, 0.2) is 41.5 Å². The Morgan fingerprint density at radius 1 is 1.36 bits per heavy atom. The summed E-state index contributed by atoms with van der Waals surface area (Å²) in [5, 5.41) is 11.8. The molecular formula is C14H10N4O4. The molecule has 3 heterocycles. The van der Waals surface area contributed by atoms with Gasteiger partial charge in [0.25, 0.3) is 5.56 Å². The zero-order valence-corrected chi connectivity index (χ0v) is 11.1. The predicted octanol–water partition coefficient (Wildman–Crippen LogP) is 1.05. The van der Waals surface area contributed by atoms with Gasteiger partial charge in [-0.2, -0.15) is 10.1 Å². The molecule has 22 heavy (non-hydrogen) atoms. The van der Waals surface area contributed by atoms with Gasteiger partial charge in [0.15, 0.2) is 17.7 Å². The van der Waals surface area contributed by atoms with Crippen LogP contribution in [0.4, 0.5) is 11.5 Å². The van der Waals surface area contributed by atoms with Gasteiger partial charge in [-0.05, 0) is 11.6 Å². The minimum Gasteiger partial charge on any atom is -0.478 e. The number of aromatic amines is 1. The third-order valence-corrected chi connectivity index (χ3v) is 3.54. The number of carboxylic acid groups (broad SMARTS) is 1. The van der Waals surface area contributed by atoms with E-state index in [4.69, 9.17) is 10.0 Å². The summed E-state index contributed by atoms with van der Waals surface area (Å²) in [6.45, 7) is 0. The highest BCUT2D eigenvalue weighted by molar-refractivity contribution is 5.86. The first-order valence-corrected chi connectivity index (χ1v) is 6.51. The Labute approximate surface area is 123 Å². The minimum atomic E-state index is -1.02. The Morgan fingerprint density at radius 2 is 2.18 bits per heavy atom. The number of H-pyrrole nitrogens is 1. The molecule has 2 aromatic rings. The molecule has 1 aromatic heterocycles. The number of carbonyl (C=O) groups is 1. The second-order valence-electron chi connectivity index (χ2n) is 4.81. The molecule has 1 unspecified atom stereocenters. The molecule has 1 aromatic carbocycles. The first-order chi connectivity index (χ1) is 10.7. The Kier molecular flexibility index (Phi) is 2.54. The number of benzene rings is 1. The van der Waals surface area contributed by atoms with E-state index in [0.29, 0.717) is 11.5 Å². The van der Waals surface area contributed by atoms with Crippen LogP contribution >= 0.6 is 0 Å². The maximum Gasteiger partial charge on any atom is 0.328 e. The summed E-state index contributed by atoms with van der Waals surface area (Å²) < 4.78 is 0. The number of nitrogens with one attached hydrogen (secondary N) is 1. The lowest BCUT2D eigenvalue weighted by atomic mass is 10.0. The molecule has 1 fully saturated rings. The number of aromatic nitrogens is 2. The lowest BCUT2D eigenvalue weighted by Gasteiger charge is -2.40. The number of rotatable bonds is 3. The van der Waals surface area contributed by atoms with Gasteiger partial charge >= 0.3 is 5.97 Å². The minimum absolute atomic E-state index is 0.284. The van der Waals surface area contributed by atoms with E-state index in [9.17, 15) is 9.59 Å². The van der Waals surface area contributed by atoms with E-state index < -0.39 is 5.97 Å². The summed E-state index contributed by atoms with van der Waals surface area (Å²) in [7, 11) is 0. The Balaban J connectivity index is 1.76. The van der Waals surface area contributed by atoms with E-state index in [-0.39, 0.29) is 11.7 Å². The van der Waals surface area contributed by atoms with E-state index in [1.54, 1.807) is 6.07 Å². The fraction of sp³-hybridized carbons (Fsp3) is 0.0714. The molecule has 0 amide bonds. The molecule has 2 aliphatic rings. The van der Waals surface area contributed by atoms with Crippen molar-refractivity contribution in [3.63, 3.8) is 0 Å². The molecule has 1 saturated heterocycles. The van der Waals surface area contributed by atoms with Gasteiger partial charge in [-0.3, -0.25) is 4.79 Å². The van der Waals surface area contributed by atoms with Crippen molar-refractivity contribution in [3.05, 3.63) is 58.1 Å². The molecule has 8 nitrogen and oxygen atoms in total. The highest BCUT2D eigenvalue weighted by atomic mass is 16.9. The third-order valence-electron chi connectivity index (χ3n) is 3.54. The Morgan fingerprint density at radius 3 is 2.95 bits per heavy atom. The number of anilines is 2. The largest absolute Gasteiger partial charge is 0.478 e. The van der Waals surface area contributed by atoms with Gasteiger partial charge in [-0.15, -0.1) is 4.94 Å². The van der Waals surface area contributed by atoms with Gasteiger partial charge in [0.1, 0.15) is 0 Å². The number of carboxylic acids is 1. The van der Waals surface area contributed by atoms with Crippen molar-refractivity contribution in [2.45, 2.75) is 6.17 Å². The van der Waals surface area contributed by atoms with Gasteiger partial charge in [-0.25, -0.2) is 9.78 Å². The molecule has 0 aliphatic carbocycles. The first-order valence-electron chi connectivity index (χ1n) is 6.51. The maximum atomic E-state index is 11.9. The zero-order valence-electron chi connectivity index (χ0n) is 11.1. The summed E-state index contributed by atoms with van der Waals surface area (Å²) in [5.74, 6) is -0.574. The lowest BCUT2D eigenvalue weighted by Crippen LogP contribution is -2.50. The maximum absolute atomic E-state index is 11.9. The van der Waals surface area contributed by atoms with Gasteiger partial charge in [-0.1, -0.05) is 24.3 Å². The topological polar surface area (TPSA) is 98.8 Å². The van der Waals surface area contributed by atoms with E-state index >= 15 is 0 Å². The lowest BCUT2D eigenvalue weighted by molar-refractivity contribution is -0.131. The standard InChI is InChI=1S/C14H10N4O4/c19-10(20)6-5-8-3-1-2-4-9(8)14-17-11-12(18(14)22-17)15-7-16-13(11)21/h1-7,14H,(H,19,20)(H,15,16,21)/b6-5+. The average Bonchev–Trinajstić information content (AvgIpc) is 3.01. The quantitative estimate of drug-likeness (QED) is 0.817. The molecular weight excluding hydrogens is 288 g/mol. The SMILES string of the molecule is O=C(O)/C=C/c1ccccc1C1N2ON1c1c2nc[nH]c1=O. The van der Waals surface area contributed by atoms with Gasteiger partial charge < -0.3 is 10.1 Å². The summed E-state index contributed by atoms with van der Waals surface area (Å²) in [6, 6.07) is 7.32. The monoisotopic (exact) mass is 298 g/mol. The van der Waals surface area contributed by atoms with Crippen LogP contribution in [0.3, 0.4) is 0 Å². The average molecular weight is 298 g/mol. The van der Waals surface area contributed by atoms with Crippen LogP contribution in [-0.2, 0) is 9.73 Å². The third kappa shape index (κ3) is 1.64. The van der Waals surface area contributed by atoms with Crippen LogP contribution in [0, 0.1) is 0 Å². The molecule has 4 rings (SSSR count). The van der Waals surface area contributed by atoms with E-state index in [1.165, 1.54) is 22.5 Å². The van der Waals surface area contributed by atoms with Crippen LogP contribution in [0.1, 0.15) is 17.3 Å². The number of aliphatic carboxylic acids is 1. The molecule has 0 radical (unpaired) electrons. The zero-order chi connectivity index (χ0) is 15.3. The Hall–Kier alpha value is -3.13. The highest BCUT2D eigenvalue weighted by Crippen LogP contribution is 2.51. The van der Waals surface area contributed by atoms with Crippen LogP contribution in [-0.4, -0.2) is 21.0 Å². The normalized spacial score (nSPS) is 18.5. The molecule has 1 atom stereocenters. The van der Waals surface area contributed by atoms with Crippen LogP contribution in [0.5, 0.6) is 0 Å². The van der Waals surface area contributed by atoms with Crippen LogP contribution < -0.4 is 15.7 Å². The van der Waals surface area contributed by atoms with Crippen molar-refractivity contribution >= 4 is 23.6 Å². The Bertz CT molecular complexity index is 860. The number of hydrogen-bond acceptors (Lipinski definition) is 6. The molecule has 2 bridgehead atoms. The molecule has 110 valence electrons.